The Morgan fingerprint density at radius 1 is 0.871 bits per heavy atom. The van der Waals surface area contributed by atoms with Crippen molar-refractivity contribution in [2.24, 2.45) is 0 Å². The van der Waals surface area contributed by atoms with E-state index in [1.165, 1.54) is 0 Å². The van der Waals surface area contributed by atoms with E-state index in [1.54, 1.807) is 12.1 Å². The molecule has 0 aliphatic carbocycles. The Morgan fingerprint density at radius 3 is 2.23 bits per heavy atom. The summed E-state index contributed by atoms with van der Waals surface area (Å²) in [5.74, 6) is -0.425. The van der Waals surface area contributed by atoms with Crippen molar-refractivity contribution in [2.75, 3.05) is 0 Å². The van der Waals surface area contributed by atoms with Gasteiger partial charge in [-0.3, -0.25) is 4.79 Å². The topological polar surface area (TPSA) is 73.1 Å². The molecule has 4 heteroatoms. The first-order chi connectivity index (χ1) is 15.2. The molecule has 0 aromatic heterocycles. The minimum atomic E-state index is -0.632. The SMILES string of the molecule is N#C/C(=C\c1ccccc1)C(=O)NC(c1ccccc1)c1c(O)ccc2ccccc12. The Hall–Kier alpha value is -4.36. The first-order valence-corrected chi connectivity index (χ1v) is 9.90. The molecule has 1 unspecified atom stereocenters. The third-order valence-electron chi connectivity index (χ3n) is 5.12. The van der Waals surface area contributed by atoms with Gasteiger partial charge in [0.05, 0.1) is 6.04 Å². The van der Waals surface area contributed by atoms with Gasteiger partial charge in [-0.15, -0.1) is 0 Å². The summed E-state index contributed by atoms with van der Waals surface area (Å²) in [6.07, 6.45) is 1.56. The molecule has 4 aromatic rings. The molecule has 150 valence electrons. The highest BCUT2D eigenvalue weighted by atomic mass is 16.3. The second-order valence-corrected chi connectivity index (χ2v) is 7.12. The average Bonchev–Trinajstić information content (AvgIpc) is 2.82. The molecule has 31 heavy (non-hydrogen) atoms. The van der Waals surface area contributed by atoms with E-state index in [0.29, 0.717) is 5.56 Å². The Labute approximate surface area is 180 Å². The normalized spacial score (nSPS) is 12.2. The molecule has 1 amide bonds. The number of phenolic OH excluding ortho intramolecular Hbond substituents is 1. The van der Waals surface area contributed by atoms with E-state index in [0.717, 1.165) is 21.9 Å². The predicted octanol–water partition coefficient (Wildman–Crippen LogP) is 5.36. The molecular formula is C27H20N2O2. The zero-order chi connectivity index (χ0) is 21.6. The van der Waals surface area contributed by atoms with Gasteiger partial charge in [0, 0.05) is 5.56 Å². The minimum absolute atomic E-state index is 0.00754. The molecule has 0 fully saturated rings. The van der Waals surface area contributed by atoms with E-state index in [-0.39, 0.29) is 11.3 Å². The molecule has 0 saturated heterocycles. The number of carbonyl (C=O) groups excluding carboxylic acids is 1. The van der Waals surface area contributed by atoms with Crippen molar-refractivity contribution in [2.45, 2.75) is 6.04 Å². The van der Waals surface area contributed by atoms with Gasteiger partial charge in [-0.1, -0.05) is 91.0 Å². The molecule has 1 atom stereocenters. The lowest BCUT2D eigenvalue weighted by molar-refractivity contribution is -0.117. The number of nitrogens with zero attached hydrogens (tertiary/aromatic N) is 1. The maximum atomic E-state index is 13.1. The highest BCUT2D eigenvalue weighted by Gasteiger charge is 2.24. The molecule has 0 radical (unpaired) electrons. The zero-order valence-electron chi connectivity index (χ0n) is 16.7. The summed E-state index contributed by atoms with van der Waals surface area (Å²) in [6, 6.07) is 31.2. The second kappa shape index (κ2) is 8.98. The molecule has 0 aliphatic rings. The van der Waals surface area contributed by atoms with Crippen LogP contribution in [0.2, 0.25) is 0 Å². The highest BCUT2D eigenvalue weighted by Crippen LogP contribution is 2.36. The van der Waals surface area contributed by atoms with Gasteiger partial charge in [-0.05, 0) is 34.0 Å². The average molecular weight is 404 g/mol. The van der Waals surface area contributed by atoms with E-state index < -0.39 is 11.9 Å². The number of rotatable bonds is 5. The number of nitrogens with one attached hydrogen (secondary N) is 1. The maximum absolute atomic E-state index is 13.1. The second-order valence-electron chi connectivity index (χ2n) is 7.12. The van der Waals surface area contributed by atoms with Crippen LogP contribution in [0, 0.1) is 11.3 Å². The van der Waals surface area contributed by atoms with Crippen molar-refractivity contribution in [3.63, 3.8) is 0 Å². The fraction of sp³-hybridized carbons (Fsp3) is 0.0370. The molecule has 4 rings (SSSR count). The molecule has 4 nitrogen and oxygen atoms in total. The Kier molecular flexibility index (Phi) is 5.77. The first kappa shape index (κ1) is 19.9. The van der Waals surface area contributed by atoms with Crippen LogP contribution in [0.4, 0.5) is 0 Å². The Morgan fingerprint density at radius 2 is 1.52 bits per heavy atom. The van der Waals surface area contributed by atoms with Gasteiger partial charge in [0.2, 0.25) is 0 Å². The van der Waals surface area contributed by atoms with E-state index >= 15 is 0 Å². The van der Waals surface area contributed by atoms with Crippen molar-refractivity contribution >= 4 is 22.8 Å². The third kappa shape index (κ3) is 4.31. The summed E-state index contributed by atoms with van der Waals surface area (Å²) in [6.45, 7) is 0. The van der Waals surface area contributed by atoms with Gasteiger partial charge in [0.25, 0.3) is 5.91 Å². The Balaban J connectivity index is 1.80. The quantitative estimate of drug-likeness (QED) is 0.347. The van der Waals surface area contributed by atoms with Gasteiger partial charge < -0.3 is 10.4 Å². The van der Waals surface area contributed by atoms with Crippen LogP contribution in [0.25, 0.3) is 16.8 Å². The highest BCUT2D eigenvalue weighted by molar-refractivity contribution is 6.02. The van der Waals surface area contributed by atoms with Crippen LogP contribution in [0.5, 0.6) is 5.75 Å². The summed E-state index contributed by atoms with van der Waals surface area (Å²) >= 11 is 0. The summed E-state index contributed by atoms with van der Waals surface area (Å²) < 4.78 is 0. The van der Waals surface area contributed by atoms with Crippen LogP contribution in [0.1, 0.15) is 22.7 Å². The Bertz CT molecular complexity index is 1290. The van der Waals surface area contributed by atoms with Crippen molar-refractivity contribution in [1.29, 1.82) is 5.26 Å². The first-order valence-electron chi connectivity index (χ1n) is 9.90. The standard InChI is InChI=1S/C27H20N2O2/c28-18-22(17-19-9-3-1-4-10-19)27(31)29-26(21-12-5-2-6-13-21)25-23-14-8-7-11-20(23)15-16-24(25)30/h1-17,26,30H,(H,29,31)/b22-17+. The van der Waals surface area contributed by atoms with Crippen LogP contribution in [-0.2, 0) is 4.79 Å². The molecule has 0 heterocycles. The number of hydrogen-bond acceptors (Lipinski definition) is 3. The van der Waals surface area contributed by atoms with E-state index in [9.17, 15) is 15.2 Å². The van der Waals surface area contributed by atoms with Crippen molar-refractivity contribution in [3.8, 4) is 11.8 Å². The minimum Gasteiger partial charge on any atom is -0.508 e. The smallest absolute Gasteiger partial charge is 0.262 e. The van der Waals surface area contributed by atoms with Crippen LogP contribution < -0.4 is 5.32 Å². The zero-order valence-corrected chi connectivity index (χ0v) is 16.7. The van der Waals surface area contributed by atoms with Gasteiger partial charge in [0.15, 0.2) is 0 Å². The molecule has 0 aliphatic heterocycles. The van der Waals surface area contributed by atoms with E-state index in [4.69, 9.17) is 0 Å². The molecule has 4 aromatic carbocycles. The number of fused-ring (bicyclic) bond motifs is 1. The van der Waals surface area contributed by atoms with Crippen LogP contribution in [-0.4, -0.2) is 11.0 Å². The van der Waals surface area contributed by atoms with Crippen molar-refractivity contribution < 1.29 is 9.90 Å². The molecule has 0 saturated carbocycles. The number of hydrogen-bond donors (Lipinski definition) is 2. The number of amides is 1. The lowest BCUT2D eigenvalue weighted by Crippen LogP contribution is -2.30. The number of carbonyl (C=O) groups is 1. The monoisotopic (exact) mass is 404 g/mol. The predicted molar refractivity (Wildman–Crippen MR) is 122 cm³/mol. The van der Waals surface area contributed by atoms with Crippen LogP contribution in [0.15, 0.2) is 103 Å². The van der Waals surface area contributed by atoms with Gasteiger partial charge in [-0.2, -0.15) is 5.26 Å². The lowest BCUT2D eigenvalue weighted by atomic mass is 9.92. The summed E-state index contributed by atoms with van der Waals surface area (Å²) in [4.78, 5) is 13.1. The lowest BCUT2D eigenvalue weighted by Gasteiger charge is -2.22. The maximum Gasteiger partial charge on any atom is 0.262 e. The van der Waals surface area contributed by atoms with Crippen molar-refractivity contribution in [1.82, 2.24) is 5.32 Å². The number of aromatic hydroxyl groups is 1. The van der Waals surface area contributed by atoms with Gasteiger partial charge in [-0.25, -0.2) is 0 Å². The van der Waals surface area contributed by atoms with Crippen molar-refractivity contribution in [3.05, 3.63) is 119 Å². The number of benzene rings is 4. The fourth-order valence-corrected chi connectivity index (χ4v) is 3.63. The molecule has 0 spiro atoms. The summed E-state index contributed by atoms with van der Waals surface area (Å²) in [7, 11) is 0. The van der Waals surface area contributed by atoms with E-state index in [1.807, 2.05) is 97.1 Å². The molecular weight excluding hydrogens is 384 g/mol. The van der Waals surface area contributed by atoms with Crippen LogP contribution in [0.3, 0.4) is 0 Å². The van der Waals surface area contributed by atoms with Crippen LogP contribution >= 0.6 is 0 Å². The van der Waals surface area contributed by atoms with E-state index in [2.05, 4.69) is 5.32 Å². The fourth-order valence-electron chi connectivity index (χ4n) is 3.63. The van der Waals surface area contributed by atoms with Gasteiger partial charge in [0.1, 0.15) is 17.4 Å². The van der Waals surface area contributed by atoms with Gasteiger partial charge >= 0.3 is 0 Å². The summed E-state index contributed by atoms with van der Waals surface area (Å²) in [5.41, 5.74) is 2.15. The number of phenols is 1. The molecule has 2 N–H and O–H groups in total. The molecule has 0 bridgehead atoms. The number of nitriles is 1. The summed E-state index contributed by atoms with van der Waals surface area (Å²) in [5, 5.41) is 25.1. The third-order valence-corrected chi connectivity index (χ3v) is 5.12. The largest absolute Gasteiger partial charge is 0.508 e.